The molecule has 0 aliphatic rings. The average Bonchev–Trinajstić information content (AvgIpc) is 2.16. The zero-order valence-corrected chi connectivity index (χ0v) is 9.95. The summed E-state index contributed by atoms with van der Waals surface area (Å²) >= 11 is 2.69. The number of hydrogen-bond acceptors (Lipinski definition) is 3. The van der Waals surface area contributed by atoms with Crippen molar-refractivity contribution in [3.63, 3.8) is 0 Å². The van der Waals surface area contributed by atoms with Crippen LogP contribution >= 0.6 is 15.9 Å². The largest absolute Gasteiger partial charge is 0.417 e. The first-order valence-electron chi connectivity index (χ1n) is 3.77. The predicted molar refractivity (Wildman–Crippen MR) is 53.7 cm³/mol. The van der Waals surface area contributed by atoms with Gasteiger partial charge in [0, 0.05) is 4.47 Å². The molecule has 1 aromatic carbocycles. The Kier molecular flexibility index (Phi) is 3.62. The third-order valence-electron chi connectivity index (χ3n) is 1.71. The Bertz CT molecular complexity index is 501. The van der Waals surface area contributed by atoms with Gasteiger partial charge in [0.15, 0.2) is 0 Å². The standard InChI is InChI=1S/C7H6BrF3N2O2S/c8-6-2-1-4(16(14,15)13-12)3-5(6)7(9,10)11/h1-3,13H,12H2. The topological polar surface area (TPSA) is 72.2 Å². The van der Waals surface area contributed by atoms with Crippen molar-refractivity contribution >= 4 is 26.0 Å². The van der Waals surface area contributed by atoms with Crippen LogP contribution in [0, 0.1) is 0 Å². The lowest BCUT2D eigenvalue weighted by atomic mass is 10.2. The summed E-state index contributed by atoms with van der Waals surface area (Å²) < 4.78 is 59.4. The number of rotatable bonds is 2. The predicted octanol–water partition coefficient (Wildman–Crippen LogP) is 1.62. The Morgan fingerprint density at radius 1 is 1.31 bits per heavy atom. The van der Waals surface area contributed by atoms with Crippen LogP contribution in [0.3, 0.4) is 0 Å². The molecule has 1 rings (SSSR count). The number of halogens is 4. The number of sulfonamides is 1. The van der Waals surface area contributed by atoms with Crippen LogP contribution in [0.4, 0.5) is 13.2 Å². The minimum Gasteiger partial charge on any atom is -0.257 e. The summed E-state index contributed by atoms with van der Waals surface area (Å²) in [6.07, 6.45) is -4.64. The third kappa shape index (κ3) is 2.73. The monoisotopic (exact) mass is 318 g/mol. The number of hydrogen-bond donors (Lipinski definition) is 2. The minimum atomic E-state index is -4.64. The van der Waals surface area contributed by atoms with E-state index in [2.05, 4.69) is 15.9 Å². The highest BCUT2D eigenvalue weighted by Crippen LogP contribution is 2.35. The van der Waals surface area contributed by atoms with Crippen molar-refractivity contribution in [2.24, 2.45) is 5.84 Å². The summed E-state index contributed by atoms with van der Waals surface area (Å²) in [4.78, 5) is 0.895. The molecular weight excluding hydrogens is 313 g/mol. The van der Waals surface area contributed by atoms with E-state index in [1.54, 1.807) is 0 Å². The zero-order valence-electron chi connectivity index (χ0n) is 7.55. The molecule has 0 bridgehead atoms. The Labute approximate surface area is 97.8 Å². The summed E-state index contributed by atoms with van der Waals surface area (Å²) in [5, 5.41) is 0. The van der Waals surface area contributed by atoms with Crippen LogP contribution < -0.4 is 10.7 Å². The van der Waals surface area contributed by atoms with E-state index in [4.69, 9.17) is 5.84 Å². The molecule has 0 saturated heterocycles. The fraction of sp³-hybridized carbons (Fsp3) is 0.143. The molecule has 0 heterocycles. The molecule has 0 saturated carbocycles. The fourth-order valence-electron chi connectivity index (χ4n) is 0.957. The first-order chi connectivity index (χ1) is 7.18. The quantitative estimate of drug-likeness (QED) is 0.643. The molecular formula is C7H6BrF3N2O2S. The van der Waals surface area contributed by atoms with Crippen molar-refractivity contribution in [3.8, 4) is 0 Å². The molecule has 3 N–H and O–H groups in total. The van der Waals surface area contributed by atoms with Crippen molar-refractivity contribution < 1.29 is 21.6 Å². The number of benzene rings is 1. The molecule has 16 heavy (non-hydrogen) atoms. The van der Waals surface area contributed by atoms with Gasteiger partial charge in [-0.2, -0.15) is 18.0 Å². The normalized spacial score (nSPS) is 12.8. The van der Waals surface area contributed by atoms with Gasteiger partial charge in [0.1, 0.15) is 0 Å². The van der Waals surface area contributed by atoms with E-state index in [1.807, 2.05) is 0 Å². The molecule has 0 atom stereocenters. The van der Waals surface area contributed by atoms with Crippen molar-refractivity contribution in [3.05, 3.63) is 28.2 Å². The Balaban J connectivity index is 3.40. The van der Waals surface area contributed by atoms with Crippen molar-refractivity contribution in [1.82, 2.24) is 4.83 Å². The molecule has 0 spiro atoms. The van der Waals surface area contributed by atoms with E-state index in [9.17, 15) is 21.6 Å². The maximum absolute atomic E-state index is 12.4. The second kappa shape index (κ2) is 4.32. The number of nitrogens with two attached hydrogens (primary N) is 1. The van der Waals surface area contributed by atoms with Crippen LogP contribution in [0.15, 0.2) is 27.6 Å². The number of nitrogens with one attached hydrogen (secondary N) is 1. The van der Waals surface area contributed by atoms with Gasteiger partial charge in [-0.15, -0.1) is 0 Å². The fourth-order valence-corrected chi connectivity index (χ4v) is 2.08. The van der Waals surface area contributed by atoms with E-state index in [-0.39, 0.29) is 4.47 Å². The van der Waals surface area contributed by atoms with Crippen LogP contribution in [0.2, 0.25) is 0 Å². The van der Waals surface area contributed by atoms with Gasteiger partial charge >= 0.3 is 6.18 Å². The Morgan fingerprint density at radius 3 is 2.31 bits per heavy atom. The minimum absolute atomic E-state index is 0.240. The molecule has 0 aromatic heterocycles. The smallest absolute Gasteiger partial charge is 0.257 e. The highest BCUT2D eigenvalue weighted by atomic mass is 79.9. The molecule has 9 heteroatoms. The van der Waals surface area contributed by atoms with Crippen LogP contribution in [0.25, 0.3) is 0 Å². The van der Waals surface area contributed by atoms with Crippen LogP contribution in [-0.4, -0.2) is 8.42 Å². The lowest BCUT2D eigenvalue weighted by molar-refractivity contribution is -0.138. The van der Waals surface area contributed by atoms with E-state index in [0.29, 0.717) is 6.07 Å². The Morgan fingerprint density at radius 2 is 1.88 bits per heavy atom. The lowest BCUT2D eigenvalue weighted by Crippen LogP contribution is -2.30. The van der Waals surface area contributed by atoms with Gasteiger partial charge in [0.05, 0.1) is 10.5 Å². The highest BCUT2D eigenvalue weighted by molar-refractivity contribution is 9.10. The maximum atomic E-state index is 12.4. The first kappa shape index (κ1) is 13.4. The zero-order chi connectivity index (χ0) is 12.6. The maximum Gasteiger partial charge on any atom is 0.417 e. The van der Waals surface area contributed by atoms with Gasteiger partial charge in [-0.25, -0.2) is 8.42 Å². The van der Waals surface area contributed by atoms with Crippen molar-refractivity contribution in [2.45, 2.75) is 11.1 Å². The van der Waals surface area contributed by atoms with Gasteiger partial charge in [0.2, 0.25) is 0 Å². The van der Waals surface area contributed by atoms with E-state index in [0.717, 1.165) is 12.1 Å². The molecule has 4 nitrogen and oxygen atoms in total. The van der Waals surface area contributed by atoms with E-state index in [1.165, 1.54) is 4.83 Å². The van der Waals surface area contributed by atoms with Gasteiger partial charge in [-0.1, -0.05) is 15.9 Å². The molecule has 1 aromatic rings. The SMILES string of the molecule is NNS(=O)(=O)c1ccc(Br)c(C(F)(F)F)c1. The molecule has 0 radical (unpaired) electrons. The summed E-state index contributed by atoms with van der Waals surface area (Å²) in [6.45, 7) is 0. The molecule has 0 amide bonds. The molecule has 0 fully saturated rings. The first-order valence-corrected chi connectivity index (χ1v) is 6.05. The molecule has 0 aliphatic carbocycles. The van der Waals surface area contributed by atoms with Crippen molar-refractivity contribution in [2.75, 3.05) is 0 Å². The summed E-state index contributed by atoms with van der Waals surface area (Å²) in [7, 11) is -4.09. The molecule has 90 valence electrons. The number of alkyl halides is 3. The van der Waals surface area contributed by atoms with Gasteiger partial charge < -0.3 is 0 Å². The van der Waals surface area contributed by atoms with Gasteiger partial charge in [0.25, 0.3) is 10.0 Å². The van der Waals surface area contributed by atoms with Gasteiger partial charge in [-0.3, -0.25) is 5.84 Å². The third-order valence-corrected chi connectivity index (χ3v) is 3.59. The molecule has 0 unspecified atom stereocenters. The summed E-state index contributed by atoms with van der Waals surface area (Å²) in [6, 6.07) is 2.50. The second-order valence-electron chi connectivity index (χ2n) is 2.76. The highest BCUT2D eigenvalue weighted by Gasteiger charge is 2.34. The second-order valence-corrected chi connectivity index (χ2v) is 5.33. The van der Waals surface area contributed by atoms with Crippen molar-refractivity contribution in [1.29, 1.82) is 0 Å². The van der Waals surface area contributed by atoms with Crippen LogP contribution in [0.5, 0.6) is 0 Å². The summed E-state index contributed by atoms with van der Waals surface area (Å²) in [5.74, 6) is 4.70. The van der Waals surface area contributed by atoms with Gasteiger partial charge in [-0.05, 0) is 18.2 Å². The number of hydrazine groups is 1. The van der Waals surface area contributed by atoms with Crippen LogP contribution in [0.1, 0.15) is 5.56 Å². The Hall–Kier alpha value is -0.640. The van der Waals surface area contributed by atoms with Crippen LogP contribution in [-0.2, 0) is 16.2 Å². The summed E-state index contributed by atoms with van der Waals surface area (Å²) in [5.41, 5.74) is -1.08. The average molecular weight is 319 g/mol. The lowest BCUT2D eigenvalue weighted by Gasteiger charge is -2.10. The van der Waals surface area contributed by atoms with E-state index < -0.39 is 26.7 Å². The van der Waals surface area contributed by atoms with E-state index >= 15 is 0 Å². The molecule has 0 aliphatic heterocycles.